The molecule has 0 aromatic heterocycles. The zero-order chi connectivity index (χ0) is 12.4. The van der Waals surface area contributed by atoms with Crippen molar-refractivity contribution in [1.82, 2.24) is 5.32 Å². The van der Waals surface area contributed by atoms with Crippen molar-refractivity contribution in [3.63, 3.8) is 0 Å². The first-order valence-corrected chi connectivity index (χ1v) is 8.14. The zero-order valence-corrected chi connectivity index (χ0v) is 11.7. The largest absolute Gasteiger partial charge is 0.312 e. The Morgan fingerprint density at radius 1 is 1.31 bits per heavy atom. The van der Waals surface area contributed by atoms with Crippen molar-refractivity contribution in [1.29, 1.82) is 0 Å². The maximum Gasteiger partial charge on any atom is 0.151 e. The molecule has 0 aromatic carbocycles. The summed E-state index contributed by atoms with van der Waals surface area (Å²) in [6, 6.07) is 0.167. The molecule has 0 aliphatic heterocycles. The van der Waals surface area contributed by atoms with Crippen molar-refractivity contribution in [2.45, 2.75) is 57.7 Å². The normalized spacial score (nSPS) is 27.2. The van der Waals surface area contributed by atoms with E-state index in [0.29, 0.717) is 0 Å². The quantitative estimate of drug-likeness (QED) is 0.808. The number of hydrogen-bond donors (Lipinski definition) is 1. The summed E-state index contributed by atoms with van der Waals surface area (Å²) in [7, 11) is -2.89. The summed E-state index contributed by atoms with van der Waals surface area (Å²) in [6.07, 6.45) is 5.32. The summed E-state index contributed by atoms with van der Waals surface area (Å²) in [5, 5.41) is 3.28. The van der Waals surface area contributed by atoms with Crippen molar-refractivity contribution in [2.24, 2.45) is 5.41 Å². The second-order valence-corrected chi connectivity index (χ2v) is 8.07. The van der Waals surface area contributed by atoms with Gasteiger partial charge in [0.15, 0.2) is 9.84 Å². The monoisotopic (exact) mass is 247 g/mol. The van der Waals surface area contributed by atoms with Crippen LogP contribution in [-0.4, -0.2) is 32.5 Å². The maximum atomic E-state index is 11.6. The van der Waals surface area contributed by atoms with Crippen LogP contribution in [0.2, 0.25) is 0 Å². The topological polar surface area (TPSA) is 46.2 Å². The van der Waals surface area contributed by atoms with Crippen LogP contribution in [-0.2, 0) is 9.84 Å². The van der Waals surface area contributed by atoms with Crippen molar-refractivity contribution >= 4 is 9.84 Å². The van der Waals surface area contributed by atoms with Gasteiger partial charge in [-0.3, -0.25) is 0 Å². The molecule has 1 rings (SSSR count). The van der Waals surface area contributed by atoms with E-state index in [1.165, 1.54) is 6.26 Å². The molecule has 1 aliphatic carbocycles. The van der Waals surface area contributed by atoms with Crippen molar-refractivity contribution < 1.29 is 8.42 Å². The summed E-state index contributed by atoms with van der Waals surface area (Å²) >= 11 is 0. The van der Waals surface area contributed by atoms with Crippen LogP contribution in [0.15, 0.2) is 0 Å². The minimum Gasteiger partial charge on any atom is -0.312 e. The van der Waals surface area contributed by atoms with Gasteiger partial charge in [0.25, 0.3) is 0 Å². The standard InChI is InChI=1S/C12H25NO2S/c1-5-12(2,3)9-13-10-7-6-8-11(10)16(4,14)15/h10-11,13H,5-9H2,1-4H3. The second kappa shape index (κ2) is 5.05. The number of nitrogens with one attached hydrogen (secondary N) is 1. The van der Waals surface area contributed by atoms with Gasteiger partial charge in [0.1, 0.15) is 0 Å². The molecular weight excluding hydrogens is 222 g/mol. The number of sulfone groups is 1. The van der Waals surface area contributed by atoms with Crippen LogP contribution in [0.3, 0.4) is 0 Å². The first-order chi connectivity index (χ1) is 7.26. The maximum absolute atomic E-state index is 11.6. The molecule has 1 aliphatic rings. The molecule has 0 amide bonds. The summed E-state index contributed by atoms with van der Waals surface area (Å²) in [5.41, 5.74) is 0.255. The Morgan fingerprint density at radius 3 is 2.44 bits per heavy atom. The van der Waals surface area contributed by atoms with Crippen molar-refractivity contribution in [3.05, 3.63) is 0 Å². The zero-order valence-electron chi connectivity index (χ0n) is 10.9. The first-order valence-electron chi connectivity index (χ1n) is 6.18. The van der Waals surface area contributed by atoms with E-state index in [1.807, 2.05) is 0 Å². The van der Waals surface area contributed by atoms with Crippen LogP contribution in [0.5, 0.6) is 0 Å². The van der Waals surface area contributed by atoms with Crippen LogP contribution in [0.1, 0.15) is 46.5 Å². The lowest BCUT2D eigenvalue weighted by Gasteiger charge is -2.27. The summed E-state index contributed by atoms with van der Waals surface area (Å²) in [6.45, 7) is 7.50. The van der Waals surface area contributed by atoms with Gasteiger partial charge in [0, 0.05) is 18.8 Å². The van der Waals surface area contributed by atoms with Crippen LogP contribution in [0.25, 0.3) is 0 Å². The lowest BCUT2D eigenvalue weighted by molar-refractivity contribution is 0.309. The van der Waals surface area contributed by atoms with E-state index in [0.717, 1.165) is 32.2 Å². The van der Waals surface area contributed by atoms with Crippen LogP contribution in [0, 0.1) is 5.41 Å². The fraction of sp³-hybridized carbons (Fsp3) is 1.00. The highest BCUT2D eigenvalue weighted by molar-refractivity contribution is 7.91. The van der Waals surface area contributed by atoms with Gasteiger partial charge < -0.3 is 5.32 Å². The fourth-order valence-corrected chi connectivity index (χ4v) is 3.63. The summed E-state index contributed by atoms with van der Waals surface area (Å²) in [5.74, 6) is 0. The van der Waals surface area contributed by atoms with Crippen LogP contribution in [0.4, 0.5) is 0 Å². The molecule has 16 heavy (non-hydrogen) atoms. The van der Waals surface area contributed by atoms with Gasteiger partial charge in [-0.25, -0.2) is 8.42 Å². The molecular formula is C12H25NO2S. The molecule has 0 aromatic rings. The van der Waals surface area contributed by atoms with Gasteiger partial charge >= 0.3 is 0 Å². The molecule has 0 heterocycles. The van der Waals surface area contributed by atoms with Gasteiger partial charge in [0.05, 0.1) is 5.25 Å². The second-order valence-electron chi connectivity index (χ2n) is 5.80. The lowest BCUT2D eigenvalue weighted by Crippen LogP contribution is -2.43. The van der Waals surface area contributed by atoms with Gasteiger partial charge in [-0.05, 0) is 24.7 Å². The van der Waals surface area contributed by atoms with E-state index in [2.05, 4.69) is 26.1 Å². The summed E-state index contributed by atoms with van der Waals surface area (Å²) in [4.78, 5) is 0. The van der Waals surface area contributed by atoms with Crippen molar-refractivity contribution in [3.8, 4) is 0 Å². The van der Waals surface area contributed by atoms with Gasteiger partial charge in [-0.15, -0.1) is 0 Å². The van der Waals surface area contributed by atoms with Crippen molar-refractivity contribution in [2.75, 3.05) is 12.8 Å². The van der Waals surface area contributed by atoms with Crippen LogP contribution >= 0.6 is 0 Å². The molecule has 0 bridgehead atoms. The third-order valence-electron chi connectivity index (χ3n) is 3.80. The van der Waals surface area contributed by atoms with Gasteiger partial charge in [-0.2, -0.15) is 0 Å². The fourth-order valence-electron chi connectivity index (χ4n) is 2.20. The minimum absolute atomic E-state index is 0.167. The molecule has 1 saturated carbocycles. The molecule has 0 radical (unpaired) electrons. The predicted molar refractivity (Wildman–Crippen MR) is 68.3 cm³/mol. The third-order valence-corrected chi connectivity index (χ3v) is 5.47. The minimum atomic E-state index is -2.89. The Morgan fingerprint density at radius 2 is 1.94 bits per heavy atom. The van der Waals surface area contributed by atoms with E-state index in [-0.39, 0.29) is 16.7 Å². The van der Waals surface area contributed by atoms with E-state index in [9.17, 15) is 8.42 Å². The summed E-state index contributed by atoms with van der Waals surface area (Å²) < 4.78 is 23.2. The molecule has 2 unspecified atom stereocenters. The smallest absolute Gasteiger partial charge is 0.151 e. The molecule has 3 nitrogen and oxygen atoms in total. The molecule has 0 spiro atoms. The first kappa shape index (κ1) is 14.0. The lowest BCUT2D eigenvalue weighted by atomic mass is 9.90. The molecule has 0 saturated heterocycles. The van der Waals surface area contributed by atoms with Gasteiger partial charge in [0.2, 0.25) is 0 Å². The Bertz CT molecular complexity index is 322. The Balaban J connectivity index is 2.55. The average Bonchev–Trinajstić information content (AvgIpc) is 2.62. The predicted octanol–water partition coefficient (Wildman–Crippen LogP) is 1.98. The Kier molecular flexibility index (Phi) is 4.41. The van der Waals surface area contributed by atoms with E-state index >= 15 is 0 Å². The Labute approximate surface area is 99.9 Å². The molecule has 1 fully saturated rings. The molecule has 1 N–H and O–H groups in total. The highest BCUT2D eigenvalue weighted by atomic mass is 32.2. The van der Waals surface area contributed by atoms with E-state index in [1.54, 1.807) is 0 Å². The van der Waals surface area contributed by atoms with Crippen LogP contribution < -0.4 is 5.32 Å². The van der Waals surface area contributed by atoms with E-state index < -0.39 is 9.84 Å². The highest BCUT2D eigenvalue weighted by Crippen LogP contribution is 2.26. The van der Waals surface area contributed by atoms with E-state index in [4.69, 9.17) is 0 Å². The average molecular weight is 247 g/mol. The number of rotatable bonds is 5. The molecule has 2 atom stereocenters. The third kappa shape index (κ3) is 3.74. The van der Waals surface area contributed by atoms with Gasteiger partial charge in [-0.1, -0.05) is 27.2 Å². The Hall–Kier alpha value is -0.0900. The highest BCUT2D eigenvalue weighted by Gasteiger charge is 2.35. The molecule has 96 valence electrons. The molecule has 4 heteroatoms. The number of hydrogen-bond acceptors (Lipinski definition) is 3. The SMILES string of the molecule is CCC(C)(C)CNC1CCCC1S(C)(=O)=O.